The van der Waals surface area contributed by atoms with Crippen LogP contribution in [0.1, 0.15) is 12.5 Å². The fraction of sp³-hybridized carbons (Fsp3) is 0.316. The molecule has 2 aromatic carbocycles. The van der Waals surface area contributed by atoms with Crippen LogP contribution in [-0.4, -0.2) is 45.4 Å². The fourth-order valence-corrected chi connectivity index (χ4v) is 3.91. The summed E-state index contributed by atoms with van der Waals surface area (Å²) in [5.74, 6) is -0.199. The maximum Gasteiger partial charge on any atom is 0.238 e. The van der Waals surface area contributed by atoms with Gasteiger partial charge in [-0.1, -0.05) is 24.3 Å². The number of sulfonamides is 1. The van der Waals surface area contributed by atoms with Crippen molar-refractivity contribution in [3.8, 4) is 0 Å². The van der Waals surface area contributed by atoms with Crippen molar-refractivity contribution in [2.45, 2.75) is 24.4 Å². The van der Waals surface area contributed by atoms with Crippen molar-refractivity contribution in [3.63, 3.8) is 0 Å². The van der Waals surface area contributed by atoms with E-state index in [9.17, 15) is 13.2 Å². The molecule has 0 spiro atoms. The minimum absolute atomic E-state index is 0.0287. The van der Waals surface area contributed by atoms with Crippen molar-refractivity contribution in [3.05, 3.63) is 54.1 Å². The normalized spacial score (nSPS) is 17.9. The molecule has 0 aliphatic carbocycles. The second-order valence-corrected chi connectivity index (χ2v) is 8.45. The number of hydrogen-bond acceptors (Lipinski definition) is 5. The maximum absolute atomic E-state index is 12.5. The number of likely N-dealkylation sites (N-methyl/N-ethyl adjacent to an activating group) is 1. The Morgan fingerprint density at radius 2 is 1.96 bits per heavy atom. The SMILES string of the molecule is CC1CN(C)c2ccccc2CN1CC(=O)Nc1cccc(S(N)(=O)=O)c1. The Hall–Kier alpha value is -2.42. The summed E-state index contributed by atoms with van der Waals surface area (Å²) in [4.78, 5) is 16.8. The summed E-state index contributed by atoms with van der Waals surface area (Å²) in [5, 5.41) is 7.91. The van der Waals surface area contributed by atoms with E-state index < -0.39 is 10.0 Å². The molecule has 0 bridgehead atoms. The van der Waals surface area contributed by atoms with Gasteiger partial charge in [0.15, 0.2) is 0 Å². The molecule has 1 atom stereocenters. The van der Waals surface area contributed by atoms with Gasteiger partial charge < -0.3 is 10.2 Å². The van der Waals surface area contributed by atoms with Crippen molar-refractivity contribution in [1.29, 1.82) is 0 Å². The van der Waals surface area contributed by atoms with Crippen LogP contribution in [0.5, 0.6) is 0 Å². The van der Waals surface area contributed by atoms with Crippen LogP contribution in [-0.2, 0) is 21.4 Å². The van der Waals surface area contributed by atoms with Crippen LogP contribution in [0, 0.1) is 0 Å². The number of benzene rings is 2. The van der Waals surface area contributed by atoms with Gasteiger partial charge in [-0.05, 0) is 36.8 Å². The lowest BCUT2D eigenvalue weighted by Crippen LogP contribution is -2.42. The lowest BCUT2D eigenvalue weighted by molar-refractivity contribution is -0.117. The van der Waals surface area contributed by atoms with E-state index in [-0.39, 0.29) is 23.4 Å². The first kappa shape index (κ1) is 19.3. The molecule has 1 unspecified atom stereocenters. The van der Waals surface area contributed by atoms with E-state index in [2.05, 4.69) is 41.2 Å². The highest BCUT2D eigenvalue weighted by Gasteiger charge is 2.24. The highest BCUT2D eigenvalue weighted by molar-refractivity contribution is 7.89. The standard InChI is InChI=1S/C19H24N4O3S/c1-14-11-22(2)18-9-4-3-6-15(18)12-23(14)13-19(24)21-16-7-5-8-17(10-16)27(20,25)26/h3-10,14H,11-13H2,1-2H3,(H,21,24)(H2,20,25,26). The zero-order valence-corrected chi connectivity index (χ0v) is 16.2. The number of nitrogens with one attached hydrogen (secondary N) is 1. The number of amides is 1. The van der Waals surface area contributed by atoms with Gasteiger partial charge >= 0.3 is 0 Å². The molecule has 1 aliphatic rings. The number of rotatable bonds is 4. The summed E-state index contributed by atoms with van der Waals surface area (Å²) >= 11 is 0. The number of nitrogens with two attached hydrogens (primary N) is 1. The molecule has 3 N–H and O–H groups in total. The van der Waals surface area contributed by atoms with Crippen LogP contribution in [0.2, 0.25) is 0 Å². The quantitative estimate of drug-likeness (QED) is 0.830. The molecule has 0 saturated carbocycles. The number of para-hydroxylation sites is 1. The summed E-state index contributed by atoms with van der Waals surface area (Å²) in [7, 11) is -1.76. The Labute approximate surface area is 159 Å². The first-order chi connectivity index (χ1) is 12.7. The van der Waals surface area contributed by atoms with E-state index in [1.165, 1.54) is 23.4 Å². The Kier molecular flexibility index (Phi) is 5.50. The predicted molar refractivity (Wildman–Crippen MR) is 106 cm³/mol. The summed E-state index contributed by atoms with van der Waals surface area (Å²) in [5.41, 5.74) is 2.76. The summed E-state index contributed by atoms with van der Waals surface area (Å²) < 4.78 is 22.9. The Morgan fingerprint density at radius 1 is 1.22 bits per heavy atom. The van der Waals surface area contributed by atoms with Gasteiger partial charge in [0.2, 0.25) is 15.9 Å². The number of hydrogen-bond donors (Lipinski definition) is 2. The smallest absolute Gasteiger partial charge is 0.238 e. The number of carbonyl (C=O) groups is 1. The monoisotopic (exact) mass is 388 g/mol. The molecule has 1 aliphatic heterocycles. The van der Waals surface area contributed by atoms with E-state index in [4.69, 9.17) is 5.14 Å². The summed E-state index contributed by atoms with van der Waals surface area (Å²) in [6, 6.07) is 14.3. The van der Waals surface area contributed by atoms with Gasteiger partial charge in [-0.15, -0.1) is 0 Å². The van der Waals surface area contributed by atoms with Crippen molar-refractivity contribution in [2.24, 2.45) is 5.14 Å². The first-order valence-electron chi connectivity index (χ1n) is 8.70. The molecule has 144 valence electrons. The van der Waals surface area contributed by atoms with Gasteiger partial charge in [0.1, 0.15) is 0 Å². The zero-order valence-electron chi connectivity index (χ0n) is 15.4. The van der Waals surface area contributed by atoms with Crippen LogP contribution in [0.25, 0.3) is 0 Å². The van der Waals surface area contributed by atoms with E-state index >= 15 is 0 Å². The molecular formula is C19H24N4O3S. The van der Waals surface area contributed by atoms with Crippen molar-refractivity contribution in [1.82, 2.24) is 4.90 Å². The molecule has 27 heavy (non-hydrogen) atoms. The fourth-order valence-electron chi connectivity index (χ4n) is 3.35. The largest absolute Gasteiger partial charge is 0.373 e. The molecule has 8 heteroatoms. The van der Waals surface area contributed by atoms with Crippen molar-refractivity contribution < 1.29 is 13.2 Å². The van der Waals surface area contributed by atoms with Gasteiger partial charge in [-0.3, -0.25) is 9.69 Å². The van der Waals surface area contributed by atoms with Gasteiger partial charge in [0.25, 0.3) is 0 Å². The van der Waals surface area contributed by atoms with Crippen LogP contribution >= 0.6 is 0 Å². The molecule has 0 radical (unpaired) electrons. The third-order valence-electron chi connectivity index (χ3n) is 4.73. The van der Waals surface area contributed by atoms with E-state index in [1.807, 2.05) is 12.1 Å². The molecule has 3 rings (SSSR count). The first-order valence-corrected chi connectivity index (χ1v) is 10.2. The summed E-state index contributed by atoms with van der Waals surface area (Å²) in [6.07, 6.45) is 0. The number of carbonyl (C=O) groups excluding carboxylic acids is 1. The highest BCUT2D eigenvalue weighted by Crippen LogP contribution is 2.26. The average molecular weight is 388 g/mol. The van der Waals surface area contributed by atoms with E-state index in [0.717, 1.165) is 6.54 Å². The Balaban J connectivity index is 1.72. The predicted octanol–water partition coefficient (Wildman–Crippen LogP) is 1.61. The molecule has 0 fully saturated rings. The minimum Gasteiger partial charge on any atom is -0.373 e. The number of primary sulfonamides is 1. The highest BCUT2D eigenvalue weighted by atomic mass is 32.2. The average Bonchev–Trinajstić information content (AvgIpc) is 2.71. The van der Waals surface area contributed by atoms with Crippen molar-refractivity contribution in [2.75, 3.05) is 30.4 Å². The maximum atomic E-state index is 12.5. The van der Waals surface area contributed by atoms with Gasteiger partial charge in [-0.25, -0.2) is 13.6 Å². The van der Waals surface area contributed by atoms with Gasteiger partial charge in [0, 0.05) is 37.6 Å². The topological polar surface area (TPSA) is 95.7 Å². The Bertz CT molecular complexity index is 945. The zero-order chi connectivity index (χ0) is 19.6. The molecule has 0 aromatic heterocycles. The lowest BCUT2D eigenvalue weighted by atomic mass is 10.1. The van der Waals surface area contributed by atoms with E-state index in [1.54, 1.807) is 12.1 Å². The molecule has 2 aromatic rings. The molecule has 0 saturated heterocycles. The molecule has 1 amide bonds. The van der Waals surface area contributed by atoms with Crippen LogP contribution < -0.4 is 15.4 Å². The van der Waals surface area contributed by atoms with Crippen LogP contribution in [0.4, 0.5) is 11.4 Å². The third-order valence-corrected chi connectivity index (χ3v) is 5.64. The lowest BCUT2D eigenvalue weighted by Gasteiger charge is -2.27. The van der Waals surface area contributed by atoms with Gasteiger partial charge in [0.05, 0.1) is 11.4 Å². The van der Waals surface area contributed by atoms with Gasteiger partial charge in [-0.2, -0.15) is 0 Å². The summed E-state index contributed by atoms with van der Waals surface area (Å²) in [6.45, 7) is 3.79. The second kappa shape index (κ2) is 7.67. The van der Waals surface area contributed by atoms with Crippen molar-refractivity contribution >= 4 is 27.3 Å². The molecule has 1 heterocycles. The molecule has 7 nitrogen and oxygen atoms in total. The number of nitrogens with zero attached hydrogens (tertiary/aromatic N) is 2. The van der Waals surface area contributed by atoms with Crippen LogP contribution in [0.3, 0.4) is 0 Å². The number of fused-ring (bicyclic) bond motifs is 1. The third kappa shape index (κ3) is 4.65. The minimum atomic E-state index is -3.81. The number of anilines is 2. The van der Waals surface area contributed by atoms with E-state index in [0.29, 0.717) is 12.2 Å². The second-order valence-electron chi connectivity index (χ2n) is 6.88. The Morgan fingerprint density at radius 3 is 2.70 bits per heavy atom. The molecular weight excluding hydrogens is 364 g/mol. The van der Waals surface area contributed by atoms with Crippen LogP contribution in [0.15, 0.2) is 53.4 Å².